The van der Waals surface area contributed by atoms with E-state index in [9.17, 15) is 47.9 Å². The zero-order valence-electron chi connectivity index (χ0n) is 63.1. The van der Waals surface area contributed by atoms with E-state index in [1.54, 1.807) is 12.1 Å². The van der Waals surface area contributed by atoms with Crippen molar-refractivity contribution in [3.05, 3.63) is 138 Å². The maximum atomic E-state index is 14.6. The van der Waals surface area contributed by atoms with Crippen LogP contribution in [0, 0.1) is 17.8 Å². The van der Waals surface area contributed by atoms with Gasteiger partial charge in [-0.25, -0.2) is 14.4 Å². The van der Waals surface area contributed by atoms with Gasteiger partial charge in [-0.05, 0) is 144 Å². The van der Waals surface area contributed by atoms with E-state index < -0.39 is 84.5 Å². The number of nitrogens with two attached hydrogens (primary N) is 6. The molecule has 3 saturated carbocycles. The van der Waals surface area contributed by atoms with Crippen molar-refractivity contribution in [3.63, 3.8) is 0 Å². The summed E-state index contributed by atoms with van der Waals surface area (Å²) in [5.41, 5.74) is 38.7. The van der Waals surface area contributed by atoms with E-state index in [2.05, 4.69) is 58.5 Å². The summed E-state index contributed by atoms with van der Waals surface area (Å²) in [6, 6.07) is 30.1. The smallest absolute Gasteiger partial charge is 0.316 e. The van der Waals surface area contributed by atoms with Gasteiger partial charge in [-0.15, -0.1) is 0 Å². The number of carbonyl (C=O) groups excluding carboxylic acids is 10. The SMILES string of the molecule is CC(=O)C[C@@H](N)Cc1ccc(O)cc1.NCCCC[C@@H](CC(N)=O)NC(=O)N[C@H](Cc1ccccc1)NC(=O)[C@H]1CCCC[C@@H]1NC(=O)C[C@H](CCCCN)NC(=O)N[C@H](Cc1ccccc1)NC(=O)[C@H]1CCCC[C@@H]1NC(=O)C[C@H](CCCCN)NC(=O)N[C@H](Cc1ccccc1)NC(=O)[C@H]1CCCC[C@@H]1N. The van der Waals surface area contributed by atoms with Crippen LogP contribution in [-0.2, 0) is 59.2 Å². The van der Waals surface area contributed by atoms with Crippen LogP contribution in [0.3, 0.4) is 0 Å². The second-order valence-electron chi connectivity index (χ2n) is 29.4. The molecule has 13 atom stereocenters. The minimum atomic E-state index is -0.915. The lowest BCUT2D eigenvalue weighted by atomic mass is 9.83. The number of Topliss-reactive ketones (excluding diaryl/α,β-unsaturated/α-hetero) is 1. The van der Waals surface area contributed by atoms with Crippen molar-refractivity contribution in [2.24, 2.45) is 52.2 Å². The topological polar surface area (TPSA) is 479 Å². The van der Waals surface area contributed by atoms with E-state index in [4.69, 9.17) is 39.5 Å². The quantitative estimate of drug-likeness (QED) is 0.0200. The maximum absolute atomic E-state index is 14.6. The van der Waals surface area contributed by atoms with Gasteiger partial charge in [0.25, 0.3) is 0 Å². The van der Waals surface area contributed by atoms with E-state index in [-0.39, 0.29) is 91.2 Å². The first-order chi connectivity index (χ1) is 52.1. The molecule has 3 aliphatic carbocycles. The van der Waals surface area contributed by atoms with Gasteiger partial charge in [-0.1, -0.05) is 161 Å². The monoisotopic (exact) mass is 1500 g/mol. The van der Waals surface area contributed by atoms with Gasteiger partial charge in [0.15, 0.2) is 0 Å². The molecule has 28 heteroatoms. The largest absolute Gasteiger partial charge is 0.508 e. The first-order valence-electron chi connectivity index (χ1n) is 39.1. The number of rotatable bonds is 42. The summed E-state index contributed by atoms with van der Waals surface area (Å²) in [4.78, 5) is 135. The number of unbranched alkanes of at least 4 members (excludes halogenated alkanes) is 3. The standard InChI is InChI=1S/C69H108N16O9.C11H15NO2/c70-37-19-16-28-49(43-58(74)86)75-67(92)84-60(41-47-24-6-2-7-25-47)81-65(90)53-32-11-14-35-56(53)78-63(88)45-51(30-18-21-39-72)77-69(94)85-61(42-48-26-8-3-9-27-48)82-66(91)54-33-12-15-36-57(54)79-62(87)44-50(29-17-20-38-71)76-68(93)83-59(40-46-22-4-1-5-23-46)80-64(89)52-31-10-13-34-55(52)73;1-8(13)6-10(12)7-9-2-4-11(14)5-3-9/h1-9,22-27,49-57,59-61H,10-21,28-45,70-73H2,(H2,74,86)(H,78,88)(H,79,87)(H,80,89)(H,81,90)(H,82,91)(H2,75,84,92)(H2,76,83,93)(H2,77,85,94);2-5,10,14H,6-7,12H2,1H3/t49-,50-,51-,52-,53-,54-,55-,56-,57-,59+,60+,61+;10-/m01/s1. The maximum Gasteiger partial charge on any atom is 0.316 e. The van der Waals surface area contributed by atoms with Crippen LogP contribution in [-0.4, -0.2) is 145 Å². The van der Waals surface area contributed by atoms with Crippen LogP contribution in [0.25, 0.3) is 0 Å². The molecule has 12 amide bonds. The highest BCUT2D eigenvalue weighted by molar-refractivity contribution is 5.86. The molecule has 0 saturated heterocycles. The average molecular weight is 1500 g/mol. The molecular formula is C80H123N17O11. The summed E-state index contributed by atoms with van der Waals surface area (Å²) in [6.45, 7) is 2.84. The van der Waals surface area contributed by atoms with Crippen LogP contribution in [0.15, 0.2) is 115 Å². The number of aromatic hydroxyl groups is 1. The Hall–Kier alpha value is -9.22. The van der Waals surface area contributed by atoms with E-state index >= 15 is 0 Å². The van der Waals surface area contributed by atoms with E-state index in [1.807, 2.05) is 103 Å². The van der Waals surface area contributed by atoms with Crippen LogP contribution in [0.1, 0.15) is 190 Å². The molecule has 108 heavy (non-hydrogen) atoms. The second-order valence-corrected chi connectivity index (χ2v) is 29.4. The summed E-state index contributed by atoms with van der Waals surface area (Å²) in [7, 11) is 0. The predicted molar refractivity (Wildman–Crippen MR) is 417 cm³/mol. The Morgan fingerprint density at radius 1 is 0.398 bits per heavy atom. The van der Waals surface area contributed by atoms with Gasteiger partial charge in [0.1, 0.15) is 30.0 Å². The van der Waals surface area contributed by atoms with Crippen LogP contribution < -0.4 is 92.9 Å². The molecule has 0 aromatic heterocycles. The lowest BCUT2D eigenvalue weighted by molar-refractivity contribution is -0.130. The third-order valence-corrected chi connectivity index (χ3v) is 20.1. The average Bonchev–Trinajstić information content (AvgIpc) is 0.861. The van der Waals surface area contributed by atoms with Gasteiger partial charge >= 0.3 is 18.1 Å². The lowest BCUT2D eigenvalue weighted by Crippen LogP contribution is -2.58. The second kappa shape index (κ2) is 49.0. The number of nitrogens with one attached hydrogen (secondary N) is 11. The van der Waals surface area contributed by atoms with Crippen LogP contribution in [0.5, 0.6) is 5.75 Å². The molecule has 0 heterocycles. The third-order valence-electron chi connectivity index (χ3n) is 20.1. The molecule has 28 nitrogen and oxygen atoms in total. The predicted octanol–water partition coefficient (Wildman–Crippen LogP) is 5.20. The van der Waals surface area contributed by atoms with Crippen molar-refractivity contribution >= 4 is 59.3 Å². The molecule has 0 radical (unpaired) electrons. The Bertz CT molecular complexity index is 3380. The Balaban J connectivity index is 0.00000117. The Morgan fingerprint density at radius 2 is 0.731 bits per heavy atom. The number of phenols is 1. The van der Waals surface area contributed by atoms with E-state index in [0.29, 0.717) is 129 Å². The molecule has 24 N–H and O–H groups in total. The zero-order valence-corrected chi connectivity index (χ0v) is 63.1. The lowest BCUT2D eigenvalue weighted by Gasteiger charge is -2.33. The fourth-order valence-corrected chi connectivity index (χ4v) is 14.6. The highest BCUT2D eigenvalue weighted by Gasteiger charge is 2.37. The van der Waals surface area contributed by atoms with Crippen molar-refractivity contribution in [1.29, 1.82) is 0 Å². The molecule has 0 spiro atoms. The van der Waals surface area contributed by atoms with Crippen molar-refractivity contribution in [3.8, 4) is 5.75 Å². The molecule has 0 aliphatic heterocycles. The van der Waals surface area contributed by atoms with Crippen molar-refractivity contribution < 1.29 is 53.1 Å². The van der Waals surface area contributed by atoms with Gasteiger partial charge in [-0.2, -0.15) is 0 Å². The summed E-state index contributed by atoms with van der Waals surface area (Å²) < 4.78 is 0. The van der Waals surface area contributed by atoms with Gasteiger partial charge < -0.3 is 98.0 Å². The first-order valence-corrected chi connectivity index (χ1v) is 39.1. The summed E-state index contributed by atoms with van der Waals surface area (Å²) >= 11 is 0. The molecule has 4 aromatic rings. The van der Waals surface area contributed by atoms with Gasteiger partial charge in [-0.3, -0.25) is 33.6 Å². The molecule has 3 aliphatic rings. The van der Waals surface area contributed by atoms with Crippen LogP contribution in [0.2, 0.25) is 0 Å². The molecule has 4 aromatic carbocycles. The van der Waals surface area contributed by atoms with E-state index in [1.165, 1.54) is 6.92 Å². The minimum absolute atomic E-state index is 0.0616. The van der Waals surface area contributed by atoms with Crippen molar-refractivity contribution in [2.75, 3.05) is 19.6 Å². The molecule has 3 fully saturated rings. The molecule has 7 rings (SSSR count). The number of urea groups is 3. The highest BCUT2D eigenvalue weighted by Crippen LogP contribution is 2.28. The molecule has 594 valence electrons. The molecular weight excluding hydrogens is 1370 g/mol. The van der Waals surface area contributed by atoms with Crippen LogP contribution in [0.4, 0.5) is 14.4 Å². The molecule has 0 unspecified atom stereocenters. The highest BCUT2D eigenvalue weighted by atomic mass is 16.3. The fourth-order valence-electron chi connectivity index (χ4n) is 14.6. The number of benzene rings is 4. The number of hydrogen-bond acceptors (Lipinski definition) is 16. The first kappa shape index (κ1) is 87.7. The Kier molecular flexibility index (Phi) is 39.7. The number of phenolic OH excluding ortho intramolecular Hbond substituents is 1. The third kappa shape index (κ3) is 34.3. The number of ketones is 1. The molecule has 0 bridgehead atoms. The fraction of sp³-hybridized carbons (Fsp3) is 0.575. The summed E-state index contributed by atoms with van der Waals surface area (Å²) in [5.74, 6) is -3.51. The van der Waals surface area contributed by atoms with Gasteiger partial charge in [0.2, 0.25) is 35.4 Å². The zero-order chi connectivity index (χ0) is 78.0. The number of carbonyl (C=O) groups is 10. The summed E-state index contributed by atoms with van der Waals surface area (Å²) in [5, 5.41) is 42.1. The normalized spacial score (nSPS) is 19.5. The number of primary amides is 1. The van der Waals surface area contributed by atoms with Gasteiger partial charge in [0, 0.05) is 87.2 Å². The Morgan fingerprint density at radius 3 is 1.08 bits per heavy atom. The number of hydrogen-bond donors (Lipinski definition) is 18. The van der Waals surface area contributed by atoms with Crippen molar-refractivity contribution in [1.82, 2.24) is 58.5 Å². The van der Waals surface area contributed by atoms with Crippen molar-refractivity contribution in [2.45, 2.75) is 254 Å². The van der Waals surface area contributed by atoms with Gasteiger partial charge in [0.05, 0.1) is 17.8 Å². The van der Waals surface area contributed by atoms with Crippen LogP contribution >= 0.6 is 0 Å². The summed E-state index contributed by atoms with van der Waals surface area (Å²) in [6.07, 6.45) is 12.7. The minimum Gasteiger partial charge on any atom is -0.508 e. The van der Waals surface area contributed by atoms with E-state index in [0.717, 1.165) is 67.2 Å². The number of amides is 12. The Labute approximate surface area is 637 Å².